The molecule has 0 spiro atoms. The molecule has 0 bridgehead atoms. The van der Waals surface area contributed by atoms with Gasteiger partial charge in [0.05, 0.1) is 11.3 Å². The fraction of sp³-hybridized carbons (Fsp3) is 0.917. The Bertz CT molecular complexity index is 389. The molecule has 19 heavy (non-hydrogen) atoms. The van der Waals surface area contributed by atoms with Crippen LogP contribution in [0.4, 0.5) is 0 Å². The highest BCUT2D eigenvalue weighted by atomic mass is 32.2. The van der Waals surface area contributed by atoms with Crippen molar-refractivity contribution in [1.29, 1.82) is 0 Å². The number of nitrogens with two attached hydrogens (primary N) is 1. The predicted molar refractivity (Wildman–Crippen MR) is 75.1 cm³/mol. The highest BCUT2D eigenvalue weighted by Gasteiger charge is 2.23. The zero-order chi connectivity index (χ0) is 14.5. The molecule has 1 aliphatic heterocycles. The van der Waals surface area contributed by atoms with Crippen molar-refractivity contribution in [2.24, 2.45) is 5.73 Å². The molecule has 0 aromatic heterocycles. The number of nitrogens with zero attached hydrogens (tertiary/aromatic N) is 1. The number of carbonyl (C=O) groups is 1. The van der Waals surface area contributed by atoms with E-state index in [2.05, 4.69) is 4.72 Å². The molecular formula is C12H25N3O3S. The lowest BCUT2D eigenvalue weighted by Crippen LogP contribution is -2.42. The van der Waals surface area contributed by atoms with Gasteiger partial charge >= 0.3 is 0 Å². The van der Waals surface area contributed by atoms with E-state index in [4.69, 9.17) is 5.73 Å². The van der Waals surface area contributed by atoms with E-state index in [-0.39, 0.29) is 5.91 Å². The summed E-state index contributed by atoms with van der Waals surface area (Å²) in [5.74, 6) is -0.00998. The maximum Gasteiger partial charge on any atom is 0.239 e. The Labute approximate surface area is 115 Å². The molecule has 1 atom stereocenters. The molecule has 3 N–H and O–H groups in total. The molecule has 0 aromatic rings. The van der Waals surface area contributed by atoms with Gasteiger partial charge in [-0.25, -0.2) is 13.1 Å². The van der Waals surface area contributed by atoms with Gasteiger partial charge in [-0.1, -0.05) is 0 Å². The minimum absolute atomic E-state index is 0.00998. The van der Waals surface area contributed by atoms with Crippen LogP contribution in [0.3, 0.4) is 0 Å². The van der Waals surface area contributed by atoms with Gasteiger partial charge in [0.25, 0.3) is 0 Å². The van der Waals surface area contributed by atoms with Crippen molar-refractivity contribution in [3.05, 3.63) is 0 Å². The second-order valence-corrected chi connectivity index (χ2v) is 7.59. The molecule has 0 radical (unpaired) electrons. The highest BCUT2D eigenvalue weighted by Crippen LogP contribution is 2.10. The molecular weight excluding hydrogens is 266 g/mol. The molecule has 1 amide bonds. The van der Waals surface area contributed by atoms with Gasteiger partial charge in [0.15, 0.2) is 0 Å². The molecule has 0 unspecified atom stereocenters. The van der Waals surface area contributed by atoms with Gasteiger partial charge in [0.2, 0.25) is 15.9 Å². The minimum Gasteiger partial charge on any atom is -0.341 e. The molecule has 7 heteroatoms. The van der Waals surface area contributed by atoms with Crippen LogP contribution in [0, 0.1) is 0 Å². The third-order valence-electron chi connectivity index (χ3n) is 3.35. The summed E-state index contributed by atoms with van der Waals surface area (Å²) in [7, 11) is -3.22. The number of carbonyl (C=O) groups excluding carboxylic acids is 1. The number of hydrogen-bond acceptors (Lipinski definition) is 4. The zero-order valence-corrected chi connectivity index (χ0v) is 12.6. The number of hydrogen-bond donors (Lipinski definition) is 2. The lowest BCUT2D eigenvalue weighted by molar-refractivity contribution is -0.131. The third kappa shape index (κ3) is 5.08. The molecule has 112 valence electrons. The van der Waals surface area contributed by atoms with Gasteiger partial charge in [-0.3, -0.25) is 4.79 Å². The van der Waals surface area contributed by atoms with Crippen molar-refractivity contribution < 1.29 is 13.2 Å². The van der Waals surface area contributed by atoms with Gasteiger partial charge in [-0.15, -0.1) is 0 Å². The normalized spacial score (nSPS) is 18.0. The average Bonchev–Trinajstić information content (AvgIpc) is 2.86. The van der Waals surface area contributed by atoms with E-state index in [1.54, 1.807) is 18.7 Å². The second-order valence-electron chi connectivity index (χ2n) is 5.27. The lowest BCUT2D eigenvalue weighted by Gasteiger charge is -2.20. The molecule has 6 nitrogen and oxygen atoms in total. The molecule has 1 fully saturated rings. The van der Waals surface area contributed by atoms with Crippen molar-refractivity contribution in [3.63, 3.8) is 0 Å². The van der Waals surface area contributed by atoms with E-state index >= 15 is 0 Å². The number of sulfonamides is 1. The van der Waals surface area contributed by atoms with Crippen LogP contribution >= 0.6 is 0 Å². The Hall–Kier alpha value is -0.660. The molecule has 1 aliphatic rings. The van der Waals surface area contributed by atoms with Gasteiger partial charge in [0.1, 0.15) is 0 Å². The van der Waals surface area contributed by atoms with Crippen molar-refractivity contribution in [3.8, 4) is 0 Å². The first kappa shape index (κ1) is 16.4. The van der Waals surface area contributed by atoms with Crippen molar-refractivity contribution in [2.45, 2.75) is 50.8 Å². The molecule has 0 saturated carbocycles. The first-order valence-corrected chi connectivity index (χ1v) is 8.42. The van der Waals surface area contributed by atoms with Crippen molar-refractivity contribution in [1.82, 2.24) is 9.62 Å². The van der Waals surface area contributed by atoms with Crippen LogP contribution in [-0.2, 0) is 14.8 Å². The Morgan fingerprint density at radius 2 is 1.89 bits per heavy atom. The molecule has 0 aliphatic carbocycles. The van der Waals surface area contributed by atoms with Crippen LogP contribution in [0.15, 0.2) is 0 Å². The Balaban J connectivity index is 2.23. The van der Waals surface area contributed by atoms with Crippen LogP contribution in [0.1, 0.15) is 39.5 Å². The van der Waals surface area contributed by atoms with Crippen LogP contribution in [-0.4, -0.2) is 50.2 Å². The Morgan fingerprint density at radius 3 is 2.42 bits per heavy atom. The smallest absolute Gasteiger partial charge is 0.239 e. The summed E-state index contributed by atoms with van der Waals surface area (Å²) in [4.78, 5) is 13.7. The maximum atomic E-state index is 11.9. The summed E-state index contributed by atoms with van der Waals surface area (Å²) in [5.41, 5.74) is 5.84. The molecule has 0 aromatic carbocycles. The van der Waals surface area contributed by atoms with Gasteiger partial charge in [0, 0.05) is 19.6 Å². The van der Waals surface area contributed by atoms with E-state index in [9.17, 15) is 13.2 Å². The SMILES string of the molecule is CC(C)S(=O)(=O)NCCC[C@H](N)C(=O)N1CCCC1. The summed E-state index contributed by atoms with van der Waals surface area (Å²) in [6, 6.07) is -0.512. The average molecular weight is 291 g/mol. The zero-order valence-electron chi connectivity index (χ0n) is 11.8. The van der Waals surface area contributed by atoms with Gasteiger partial charge in [-0.2, -0.15) is 0 Å². The molecule has 1 heterocycles. The van der Waals surface area contributed by atoms with E-state index in [0.29, 0.717) is 19.4 Å². The summed E-state index contributed by atoms with van der Waals surface area (Å²) >= 11 is 0. The summed E-state index contributed by atoms with van der Waals surface area (Å²) < 4.78 is 25.5. The largest absolute Gasteiger partial charge is 0.341 e. The lowest BCUT2D eigenvalue weighted by atomic mass is 10.1. The number of rotatable bonds is 7. The highest BCUT2D eigenvalue weighted by molar-refractivity contribution is 7.90. The van der Waals surface area contributed by atoms with E-state index < -0.39 is 21.3 Å². The summed E-state index contributed by atoms with van der Waals surface area (Å²) in [5, 5.41) is -0.438. The predicted octanol–water partition coefficient (Wildman–Crippen LogP) is 0.0441. The molecule has 1 saturated heterocycles. The number of amides is 1. The Kier molecular flexibility index (Phi) is 6.22. The number of nitrogens with one attached hydrogen (secondary N) is 1. The first-order valence-electron chi connectivity index (χ1n) is 6.87. The fourth-order valence-electron chi connectivity index (χ4n) is 2.00. The van der Waals surface area contributed by atoms with E-state index in [1.165, 1.54) is 0 Å². The van der Waals surface area contributed by atoms with Crippen LogP contribution in [0.25, 0.3) is 0 Å². The van der Waals surface area contributed by atoms with Gasteiger partial charge < -0.3 is 10.6 Å². The van der Waals surface area contributed by atoms with Crippen LogP contribution in [0.5, 0.6) is 0 Å². The summed E-state index contributed by atoms with van der Waals surface area (Å²) in [6.45, 7) is 5.19. The van der Waals surface area contributed by atoms with Crippen LogP contribution in [0.2, 0.25) is 0 Å². The van der Waals surface area contributed by atoms with Crippen LogP contribution < -0.4 is 10.5 Å². The number of likely N-dealkylation sites (tertiary alicyclic amines) is 1. The quantitative estimate of drug-likeness (QED) is 0.648. The topological polar surface area (TPSA) is 92.5 Å². The first-order chi connectivity index (χ1) is 8.84. The van der Waals surface area contributed by atoms with Crippen molar-refractivity contribution in [2.75, 3.05) is 19.6 Å². The third-order valence-corrected chi connectivity index (χ3v) is 5.20. The minimum atomic E-state index is -3.22. The van der Waals surface area contributed by atoms with E-state index in [1.807, 2.05) is 0 Å². The maximum absolute atomic E-state index is 11.9. The van der Waals surface area contributed by atoms with Crippen molar-refractivity contribution >= 4 is 15.9 Å². The fourth-order valence-corrected chi connectivity index (χ4v) is 2.76. The standard InChI is InChI=1S/C12H25N3O3S/c1-10(2)19(17,18)14-7-5-6-11(13)12(16)15-8-3-4-9-15/h10-11,14H,3-9,13H2,1-2H3/t11-/m0/s1. The second kappa shape index (κ2) is 7.21. The summed E-state index contributed by atoms with van der Waals surface area (Å²) in [6.07, 6.45) is 3.18. The molecule has 1 rings (SSSR count). The van der Waals surface area contributed by atoms with Gasteiger partial charge in [-0.05, 0) is 39.5 Å². The monoisotopic (exact) mass is 291 g/mol. The Morgan fingerprint density at radius 1 is 1.32 bits per heavy atom. The van der Waals surface area contributed by atoms with E-state index in [0.717, 1.165) is 25.9 Å².